The molecule has 5 heteroatoms. The number of carboxylic acid groups (broad SMARTS) is 1. The number of hydrogen-bond acceptors (Lipinski definition) is 2. The van der Waals surface area contributed by atoms with Gasteiger partial charge in [0.15, 0.2) is 0 Å². The Labute approximate surface area is 105 Å². The van der Waals surface area contributed by atoms with Gasteiger partial charge in [0, 0.05) is 18.1 Å². The third kappa shape index (κ3) is 4.71. The summed E-state index contributed by atoms with van der Waals surface area (Å²) in [5.41, 5.74) is 0.680. The van der Waals surface area contributed by atoms with E-state index in [1.807, 2.05) is 11.8 Å². The second-order valence-corrected chi connectivity index (χ2v) is 4.16. The number of nitrogens with zero attached hydrogens (tertiary/aromatic N) is 1. The molecule has 3 nitrogen and oxygen atoms in total. The smallest absolute Gasteiger partial charge is 0.304 e. The van der Waals surface area contributed by atoms with Gasteiger partial charge >= 0.3 is 5.97 Å². The summed E-state index contributed by atoms with van der Waals surface area (Å²) in [6.45, 7) is 3.51. The van der Waals surface area contributed by atoms with Crippen LogP contribution in [-0.4, -0.2) is 29.1 Å². The van der Waals surface area contributed by atoms with E-state index in [-0.39, 0.29) is 12.2 Å². The molecule has 1 N–H and O–H groups in total. The molecule has 0 radical (unpaired) electrons. The molecule has 0 atom stereocenters. The van der Waals surface area contributed by atoms with E-state index in [9.17, 15) is 9.18 Å². The molecule has 1 aromatic rings. The SMILES string of the molecule is CCN(CCC(=O)O)Cc1cc(F)ccc1Cl. The molecule has 0 saturated heterocycles. The van der Waals surface area contributed by atoms with Crippen LogP contribution in [0.15, 0.2) is 18.2 Å². The largest absolute Gasteiger partial charge is 0.481 e. The number of aliphatic carboxylic acids is 1. The van der Waals surface area contributed by atoms with E-state index in [0.29, 0.717) is 30.2 Å². The summed E-state index contributed by atoms with van der Waals surface area (Å²) in [5.74, 6) is -1.17. The van der Waals surface area contributed by atoms with Gasteiger partial charge in [-0.15, -0.1) is 0 Å². The van der Waals surface area contributed by atoms with Crippen molar-refractivity contribution < 1.29 is 14.3 Å². The van der Waals surface area contributed by atoms with Crippen molar-refractivity contribution in [3.63, 3.8) is 0 Å². The quantitative estimate of drug-likeness (QED) is 0.854. The van der Waals surface area contributed by atoms with Crippen molar-refractivity contribution in [2.24, 2.45) is 0 Å². The fraction of sp³-hybridized carbons (Fsp3) is 0.417. The van der Waals surface area contributed by atoms with Gasteiger partial charge in [0.05, 0.1) is 6.42 Å². The molecule has 1 aromatic carbocycles. The lowest BCUT2D eigenvalue weighted by atomic mass is 10.2. The van der Waals surface area contributed by atoms with Crippen LogP contribution >= 0.6 is 11.6 Å². The van der Waals surface area contributed by atoms with E-state index < -0.39 is 5.97 Å². The zero-order valence-electron chi connectivity index (χ0n) is 9.62. The van der Waals surface area contributed by atoms with E-state index in [4.69, 9.17) is 16.7 Å². The molecule has 0 aliphatic rings. The fourth-order valence-corrected chi connectivity index (χ4v) is 1.69. The van der Waals surface area contributed by atoms with Crippen LogP contribution in [0.1, 0.15) is 18.9 Å². The molecule has 0 saturated carbocycles. The Morgan fingerprint density at radius 3 is 2.82 bits per heavy atom. The summed E-state index contributed by atoms with van der Waals surface area (Å²) in [6, 6.07) is 4.20. The number of carbonyl (C=O) groups is 1. The van der Waals surface area contributed by atoms with E-state index in [2.05, 4.69) is 0 Å². The zero-order valence-corrected chi connectivity index (χ0v) is 10.4. The Balaban J connectivity index is 2.66. The van der Waals surface area contributed by atoms with Crippen LogP contribution < -0.4 is 0 Å². The molecular formula is C12H15ClFNO2. The first kappa shape index (κ1) is 13.9. The molecule has 0 bridgehead atoms. The van der Waals surface area contributed by atoms with Crippen molar-refractivity contribution >= 4 is 17.6 Å². The molecule has 0 unspecified atom stereocenters. The molecule has 0 fully saturated rings. The van der Waals surface area contributed by atoms with Gasteiger partial charge in [-0.25, -0.2) is 4.39 Å². The lowest BCUT2D eigenvalue weighted by molar-refractivity contribution is -0.137. The first-order valence-corrected chi connectivity index (χ1v) is 5.78. The minimum Gasteiger partial charge on any atom is -0.481 e. The monoisotopic (exact) mass is 259 g/mol. The second-order valence-electron chi connectivity index (χ2n) is 3.75. The number of carboxylic acids is 1. The van der Waals surface area contributed by atoms with Gasteiger partial charge in [0.25, 0.3) is 0 Å². The summed E-state index contributed by atoms with van der Waals surface area (Å²) in [7, 11) is 0. The van der Waals surface area contributed by atoms with Crippen molar-refractivity contribution in [1.82, 2.24) is 4.90 Å². The molecular weight excluding hydrogens is 245 g/mol. The fourth-order valence-electron chi connectivity index (χ4n) is 1.51. The Morgan fingerprint density at radius 2 is 2.24 bits per heavy atom. The normalized spacial score (nSPS) is 10.8. The Morgan fingerprint density at radius 1 is 1.53 bits per heavy atom. The van der Waals surface area contributed by atoms with Crippen molar-refractivity contribution in [2.45, 2.75) is 19.9 Å². The number of hydrogen-bond donors (Lipinski definition) is 1. The average molecular weight is 260 g/mol. The van der Waals surface area contributed by atoms with Crippen LogP contribution in [0.25, 0.3) is 0 Å². The predicted octanol–water partition coefficient (Wildman–Crippen LogP) is 2.78. The molecule has 94 valence electrons. The van der Waals surface area contributed by atoms with E-state index in [1.54, 1.807) is 0 Å². The zero-order chi connectivity index (χ0) is 12.8. The maximum absolute atomic E-state index is 13.0. The number of rotatable bonds is 6. The first-order chi connectivity index (χ1) is 8.02. The first-order valence-electron chi connectivity index (χ1n) is 5.41. The van der Waals surface area contributed by atoms with Crippen LogP contribution in [0, 0.1) is 5.82 Å². The Kier molecular flexibility index (Phi) is 5.38. The third-order valence-corrected chi connectivity index (χ3v) is 2.86. The highest BCUT2D eigenvalue weighted by Crippen LogP contribution is 2.18. The summed E-state index contributed by atoms with van der Waals surface area (Å²) in [4.78, 5) is 12.4. The number of halogens is 2. The lowest BCUT2D eigenvalue weighted by Gasteiger charge is -2.20. The van der Waals surface area contributed by atoms with Gasteiger partial charge in [0.2, 0.25) is 0 Å². The molecule has 1 rings (SSSR count). The number of benzene rings is 1. The van der Waals surface area contributed by atoms with Crippen LogP contribution in [0.4, 0.5) is 4.39 Å². The maximum atomic E-state index is 13.0. The van der Waals surface area contributed by atoms with Crippen molar-refractivity contribution in [3.8, 4) is 0 Å². The van der Waals surface area contributed by atoms with Crippen molar-refractivity contribution in [3.05, 3.63) is 34.6 Å². The molecule has 0 aliphatic heterocycles. The standard InChI is InChI=1S/C12H15ClFNO2/c1-2-15(6-5-12(16)17)8-9-7-10(14)3-4-11(9)13/h3-4,7H,2,5-6,8H2,1H3,(H,16,17). The molecule has 0 aliphatic carbocycles. The van der Waals surface area contributed by atoms with Gasteiger partial charge < -0.3 is 5.11 Å². The van der Waals surface area contributed by atoms with Gasteiger partial charge in [0.1, 0.15) is 5.82 Å². The highest BCUT2D eigenvalue weighted by Gasteiger charge is 2.09. The third-order valence-electron chi connectivity index (χ3n) is 2.49. The van der Waals surface area contributed by atoms with Crippen molar-refractivity contribution in [2.75, 3.05) is 13.1 Å². The van der Waals surface area contributed by atoms with Crippen molar-refractivity contribution in [1.29, 1.82) is 0 Å². The van der Waals surface area contributed by atoms with Gasteiger partial charge in [-0.05, 0) is 30.3 Å². The maximum Gasteiger partial charge on any atom is 0.304 e. The summed E-state index contributed by atoms with van der Waals surface area (Å²) < 4.78 is 13.0. The molecule has 17 heavy (non-hydrogen) atoms. The minimum absolute atomic E-state index is 0.0702. The molecule has 0 spiro atoms. The van der Waals surface area contributed by atoms with Gasteiger partial charge in [-0.3, -0.25) is 9.69 Å². The van der Waals surface area contributed by atoms with Crippen LogP contribution in [0.2, 0.25) is 5.02 Å². The Hall–Kier alpha value is -1.13. The lowest BCUT2D eigenvalue weighted by Crippen LogP contribution is -2.25. The second kappa shape index (κ2) is 6.57. The summed E-state index contributed by atoms with van der Waals surface area (Å²) in [5, 5.41) is 9.11. The van der Waals surface area contributed by atoms with E-state index in [1.165, 1.54) is 18.2 Å². The Bertz CT molecular complexity index is 398. The van der Waals surface area contributed by atoms with Gasteiger partial charge in [-0.2, -0.15) is 0 Å². The van der Waals surface area contributed by atoms with E-state index >= 15 is 0 Å². The van der Waals surface area contributed by atoms with Crippen LogP contribution in [-0.2, 0) is 11.3 Å². The predicted molar refractivity (Wildman–Crippen MR) is 64.6 cm³/mol. The van der Waals surface area contributed by atoms with Crippen LogP contribution in [0.3, 0.4) is 0 Å². The average Bonchev–Trinajstić information content (AvgIpc) is 2.28. The molecule has 0 heterocycles. The van der Waals surface area contributed by atoms with Gasteiger partial charge in [-0.1, -0.05) is 18.5 Å². The highest BCUT2D eigenvalue weighted by molar-refractivity contribution is 6.31. The summed E-state index contributed by atoms with van der Waals surface area (Å²) >= 11 is 5.95. The highest BCUT2D eigenvalue weighted by atomic mass is 35.5. The molecule has 0 aromatic heterocycles. The minimum atomic E-state index is -0.839. The topological polar surface area (TPSA) is 40.5 Å². The summed E-state index contributed by atoms with van der Waals surface area (Å²) in [6.07, 6.45) is 0.0702. The van der Waals surface area contributed by atoms with Crippen LogP contribution in [0.5, 0.6) is 0 Å². The van der Waals surface area contributed by atoms with E-state index in [0.717, 1.165) is 0 Å². The molecule has 0 amide bonds.